The first kappa shape index (κ1) is 13.2. The minimum absolute atomic E-state index is 0.169. The summed E-state index contributed by atoms with van der Waals surface area (Å²) in [5, 5.41) is 2.95. The van der Waals surface area contributed by atoms with Gasteiger partial charge in [0.1, 0.15) is 9.84 Å². The van der Waals surface area contributed by atoms with E-state index in [2.05, 4.69) is 5.32 Å². The third kappa shape index (κ3) is 12.2. The Morgan fingerprint density at radius 2 is 2.00 bits per heavy atom. The van der Waals surface area contributed by atoms with E-state index in [1.54, 1.807) is 0 Å². The molecule has 0 atom stereocenters. The van der Waals surface area contributed by atoms with Crippen LogP contribution < -0.4 is 5.32 Å². The van der Waals surface area contributed by atoms with Crippen molar-refractivity contribution < 1.29 is 13.2 Å². The van der Waals surface area contributed by atoms with Gasteiger partial charge in [0.05, 0.1) is 19.0 Å². The summed E-state index contributed by atoms with van der Waals surface area (Å²) in [7, 11) is -2.85. The molecule has 6 heteroatoms. The van der Waals surface area contributed by atoms with Gasteiger partial charge >= 0.3 is 0 Å². The third-order valence-corrected chi connectivity index (χ3v) is 2.39. The fraction of sp³-hybridized carbons (Fsp3) is 1.00. The predicted molar refractivity (Wildman–Crippen MR) is 54.1 cm³/mol. The summed E-state index contributed by atoms with van der Waals surface area (Å²) < 4.78 is 26.4. The largest absolute Gasteiger partial charge is 0.379 e. The highest BCUT2D eigenvalue weighted by Gasteiger charge is 1.99. The van der Waals surface area contributed by atoms with Crippen molar-refractivity contribution in [2.24, 2.45) is 0 Å². The molecular weight excluding hydrogens is 214 g/mol. The lowest BCUT2D eigenvalue weighted by molar-refractivity contribution is 0.151. The molecule has 0 aromatic heterocycles. The first-order valence-corrected chi connectivity index (χ1v) is 6.68. The van der Waals surface area contributed by atoms with Gasteiger partial charge in [-0.15, -0.1) is 11.6 Å². The lowest BCUT2D eigenvalue weighted by Crippen LogP contribution is -2.26. The summed E-state index contributed by atoms with van der Waals surface area (Å²) in [4.78, 5) is 0. The Hall–Kier alpha value is 0.160. The summed E-state index contributed by atoms with van der Waals surface area (Å²) in [6, 6.07) is 0. The molecule has 0 unspecified atom stereocenters. The molecule has 0 aliphatic carbocycles. The van der Waals surface area contributed by atoms with E-state index < -0.39 is 9.84 Å². The van der Waals surface area contributed by atoms with Crippen molar-refractivity contribution in [1.29, 1.82) is 0 Å². The second-order valence-electron chi connectivity index (χ2n) is 2.68. The molecule has 4 nitrogen and oxygen atoms in total. The number of ether oxygens (including phenoxy) is 1. The van der Waals surface area contributed by atoms with Crippen molar-refractivity contribution in [2.45, 2.75) is 0 Å². The Morgan fingerprint density at radius 3 is 2.54 bits per heavy atom. The molecule has 0 radical (unpaired) electrons. The Morgan fingerprint density at radius 1 is 1.31 bits per heavy atom. The van der Waals surface area contributed by atoms with Gasteiger partial charge in [-0.2, -0.15) is 0 Å². The number of nitrogens with one attached hydrogen (secondary N) is 1. The Balaban J connectivity index is 3.09. The number of hydrogen-bond donors (Lipinski definition) is 1. The number of rotatable bonds is 8. The van der Waals surface area contributed by atoms with Crippen LogP contribution in [0.15, 0.2) is 0 Å². The Bertz CT molecular complexity index is 206. The minimum Gasteiger partial charge on any atom is -0.379 e. The molecule has 0 amide bonds. The zero-order valence-corrected chi connectivity index (χ0v) is 9.33. The van der Waals surface area contributed by atoms with E-state index >= 15 is 0 Å². The molecule has 0 aromatic rings. The first-order chi connectivity index (χ1) is 6.06. The summed E-state index contributed by atoms with van der Waals surface area (Å²) in [6.45, 7) is 2.24. The zero-order valence-electron chi connectivity index (χ0n) is 7.75. The maximum atomic E-state index is 10.7. The highest BCUT2D eigenvalue weighted by molar-refractivity contribution is 7.90. The van der Waals surface area contributed by atoms with Gasteiger partial charge in [-0.1, -0.05) is 0 Å². The lowest BCUT2D eigenvalue weighted by atomic mass is 10.6. The topological polar surface area (TPSA) is 55.4 Å². The zero-order chi connectivity index (χ0) is 10.2. The van der Waals surface area contributed by atoms with Crippen molar-refractivity contribution in [3.63, 3.8) is 0 Å². The van der Waals surface area contributed by atoms with Crippen LogP contribution in [-0.4, -0.2) is 52.6 Å². The van der Waals surface area contributed by atoms with Gasteiger partial charge < -0.3 is 10.1 Å². The van der Waals surface area contributed by atoms with Crippen LogP contribution in [0, 0.1) is 0 Å². The Kier molecular flexibility index (Phi) is 7.65. The average molecular weight is 230 g/mol. The van der Waals surface area contributed by atoms with E-state index in [-0.39, 0.29) is 5.75 Å². The maximum absolute atomic E-state index is 10.7. The van der Waals surface area contributed by atoms with Crippen LogP contribution in [0.4, 0.5) is 0 Å². The molecule has 0 fully saturated rings. The van der Waals surface area contributed by atoms with Gasteiger partial charge in [-0.3, -0.25) is 0 Å². The van der Waals surface area contributed by atoms with Gasteiger partial charge in [-0.25, -0.2) is 8.42 Å². The van der Waals surface area contributed by atoms with E-state index in [0.717, 1.165) is 0 Å². The van der Waals surface area contributed by atoms with E-state index in [1.165, 1.54) is 6.26 Å². The fourth-order valence-corrected chi connectivity index (χ4v) is 1.31. The number of halogens is 1. The van der Waals surface area contributed by atoms with Crippen molar-refractivity contribution in [3.8, 4) is 0 Å². The van der Waals surface area contributed by atoms with Crippen molar-refractivity contribution >= 4 is 21.4 Å². The molecule has 0 aromatic carbocycles. The van der Waals surface area contributed by atoms with Gasteiger partial charge in [0.2, 0.25) is 0 Å². The Labute approximate surface area is 84.5 Å². The van der Waals surface area contributed by atoms with Crippen LogP contribution in [0.1, 0.15) is 0 Å². The highest BCUT2D eigenvalue weighted by atomic mass is 35.5. The molecule has 0 bridgehead atoms. The quantitative estimate of drug-likeness (QED) is 0.466. The lowest BCUT2D eigenvalue weighted by Gasteiger charge is -2.03. The van der Waals surface area contributed by atoms with E-state index in [9.17, 15) is 8.42 Å². The number of hydrogen-bond acceptors (Lipinski definition) is 4. The standard InChI is InChI=1S/C7H16ClNO3S/c1-13(10,11)7-4-9-3-6-12-5-2-8/h9H,2-7H2,1H3. The van der Waals surface area contributed by atoms with Crippen LogP contribution in [0.25, 0.3) is 0 Å². The molecular formula is C7H16ClNO3S. The predicted octanol–water partition coefficient (Wildman–Crippen LogP) is -0.124. The van der Waals surface area contributed by atoms with Crippen molar-refractivity contribution in [2.75, 3.05) is 44.2 Å². The minimum atomic E-state index is -2.85. The molecule has 0 aliphatic heterocycles. The highest BCUT2D eigenvalue weighted by Crippen LogP contribution is 1.80. The van der Waals surface area contributed by atoms with E-state index in [1.807, 2.05) is 0 Å². The number of sulfone groups is 1. The number of alkyl halides is 1. The second kappa shape index (κ2) is 7.55. The average Bonchev–Trinajstić information content (AvgIpc) is 2.01. The normalized spacial score (nSPS) is 11.8. The van der Waals surface area contributed by atoms with E-state index in [4.69, 9.17) is 16.3 Å². The molecule has 0 heterocycles. The molecule has 13 heavy (non-hydrogen) atoms. The van der Waals surface area contributed by atoms with Crippen molar-refractivity contribution in [3.05, 3.63) is 0 Å². The maximum Gasteiger partial charge on any atom is 0.148 e. The molecule has 0 aliphatic rings. The second-order valence-corrected chi connectivity index (χ2v) is 5.32. The molecule has 80 valence electrons. The summed E-state index contributed by atoms with van der Waals surface area (Å²) in [5.74, 6) is 0.659. The van der Waals surface area contributed by atoms with Crippen LogP contribution >= 0.6 is 11.6 Å². The van der Waals surface area contributed by atoms with Crippen LogP contribution in [0.3, 0.4) is 0 Å². The van der Waals surface area contributed by atoms with Gasteiger partial charge in [0.25, 0.3) is 0 Å². The monoisotopic (exact) mass is 229 g/mol. The van der Waals surface area contributed by atoms with Crippen LogP contribution in [0.5, 0.6) is 0 Å². The third-order valence-electron chi connectivity index (χ3n) is 1.29. The summed E-state index contributed by atoms with van der Waals surface area (Å²) in [5.41, 5.74) is 0. The van der Waals surface area contributed by atoms with Gasteiger partial charge in [-0.05, 0) is 0 Å². The van der Waals surface area contributed by atoms with Gasteiger partial charge in [0.15, 0.2) is 0 Å². The summed E-state index contributed by atoms with van der Waals surface area (Å²) in [6.07, 6.45) is 1.22. The molecule has 0 saturated heterocycles. The molecule has 0 saturated carbocycles. The van der Waals surface area contributed by atoms with Crippen molar-refractivity contribution in [1.82, 2.24) is 5.32 Å². The fourth-order valence-electron chi connectivity index (χ4n) is 0.684. The first-order valence-electron chi connectivity index (χ1n) is 4.08. The molecule has 1 N–H and O–H groups in total. The van der Waals surface area contributed by atoms with Gasteiger partial charge in [0, 0.05) is 25.2 Å². The van der Waals surface area contributed by atoms with Crippen LogP contribution in [0.2, 0.25) is 0 Å². The smallest absolute Gasteiger partial charge is 0.148 e. The molecule has 0 spiro atoms. The van der Waals surface area contributed by atoms with Crippen LogP contribution in [-0.2, 0) is 14.6 Å². The SMILES string of the molecule is CS(=O)(=O)CCNCCOCCCl. The van der Waals surface area contributed by atoms with E-state index in [0.29, 0.717) is 32.2 Å². The molecule has 0 rings (SSSR count). The summed E-state index contributed by atoms with van der Waals surface area (Å²) >= 11 is 5.38.